The smallest absolute Gasteiger partial charge is 0.251 e. The van der Waals surface area contributed by atoms with E-state index in [1.165, 1.54) is 6.08 Å². The second-order valence-corrected chi connectivity index (χ2v) is 11.1. The molecule has 2 fully saturated rings. The minimum atomic E-state index is -4.45. The Balaban J connectivity index is 1.45. The van der Waals surface area contributed by atoms with Crippen LogP contribution in [-0.4, -0.2) is 98.7 Å². The average Bonchev–Trinajstić information content (AvgIpc) is 2.92. The van der Waals surface area contributed by atoms with Gasteiger partial charge < -0.3 is 30.1 Å². The third-order valence-corrected chi connectivity index (χ3v) is 8.21. The predicted octanol–water partition coefficient (Wildman–Crippen LogP) is 0.585. The number of hydrogen-bond acceptors (Lipinski definition) is 10. The van der Waals surface area contributed by atoms with Crippen LogP contribution in [0.5, 0.6) is 0 Å². The molecule has 12 heteroatoms. The van der Waals surface area contributed by atoms with Crippen molar-refractivity contribution in [2.75, 3.05) is 44.7 Å². The van der Waals surface area contributed by atoms with Gasteiger partial charge in [-0.3, -0.25) is 4.90 Å². The fourth-order valence-electron chi connectivity index (χ4n) is 4.62. The largest absolute Gasteiger partial charge is 0.388 e. The molecule has 4 rings (SSSR count). The highest BCUT2D eigenvalue weighted by Crippen LogP contribution is 2.25. The van der Waals surface area contributed by atoms with E-state index in [4.69, 9.17) is 9.47 Å². The van der Waals surface area contributed by atoms with Crippen molar-refractivity contribution in [3.05, 3.63) is 46.9 Å². The van der Waals surface area contributed by atoms with Crippen molar-refractivity contribution in [2.45, 2.75) is 44.0 Å². The SMILES string of the molecule is CC[C@H]1OC(O)[C@H](NS(=O)(=O)/C(C#N)=C/c2ccc3cc(NCCN4CCOCC4)ccc3c2)[C@@H](O)[C@@H]1O. The molecule has 2 aliphatic heterocycles. The van der Waals surface area contributed by atoms with E-state index in [1.807, 2.05) is 24.3 Å². The Kier molecular flexibility index (Phi) is 9.35. The van der Waals surface area contributed by atoms with Gasteiger partial charge in [0.1, 0.15) is 24.3 Å². The zero-order chi connectivity index (χ0) is 27.3. The van der Waals surface area contributed by atoms with E-state index in [0.717, 1.165) is 55.9 Å². The molecule has 0 aliphatic carbocycles. The van der Waals surface area contributed by atoms with Crippen LogP contribution < -0.4 is 10.0 Å². The van der Waals surface area contributed by atoms with Crippen molar-refractivity contribution in [2.24, 2.45) is 0 Å². The first-order valence-electron chi connectivity index (χ1n) is 12.6. The minimum absolute atomic E-state index is 0.312. The molecule has 0 radical (unpaired) electrons. The Morgan fingerprint density at radius 2 is 1.84 bits per heavy atom. The van der Waals surface area contributed by atoms with Crippen molar-refractivity contribution in [3.63, 3.8) is 0 Å². The summed E-state index contributed by atoms with van der Waals surface area (Å²) in [6, 6.07) is 11.3. The summed E-state index contributed by atoms with van der Waals surface area (Å²) < 4.78 is 38.6. The van der Waals surface area contributed by atoms with Crippen LogP contribution in [0.1, 0.15) is 18.9 Å². The van der Waals surface area contributed by atoms with E-state index < -0.39 is 45.6 Å². The number of rotatable bonds is 9. The zero-order valence-electron chi connectivity index (χ0n) is 21.2. The van der Waals surface area contributed by atoms with Gasteiger partial charge >= 0.3 is 0 Å². The number of benzene rings is 2. The van der Waals surface area contributed by atoms with Gasteiger partial charge in [0, 0.05) is 31.9 Å². The van der Waals surface area contributed by atoms with Crippen molar-refractivity contribution < 1.29 is 33.2 Å². The maximum atomic E-state index is 12.9. The monoisotopic (exact) mass is 546 g/mol. The van der Waals surface area contributed by atoms with Gasteiger partial charge in [-0.25, -0.2) is 8.42 Å². The van der Waals surface area contributed by atoms with Crippen LogP contribution in [-0.2, 0) is 19.5 Å². The van der Waals surface area contributed by atoms with Crippen LogP contribution in [0.15, 0.2) is 41.3 Å². The van der Waals surface area contributed by atoms with Gasteiger partial charge in [-0.2, -0.15) is 9.98 Å². The van der Waals surface area contributed by atoms with Gasteiger partial charge in [0.2, 0.25) is 0 Å². The summed E-state index contributed by atoms with van der Waals surface area (Å²) in [4.78, 5) is 1.74. The fourth-order valence-corrected chi connectivity index (χ4v) is 5.77. The molecule has 0 aromatic heterocycles. The van der Waals surface area contributed by atoms with Gasteiger partial charge in [0.05, 0.1) is 19.3 Å². The Bertz CT molecular complexity index is 1290. The molecule has 11 nitrogen and oxygen atoms in total. The third kappa shape index (κ3) is 6.69. The predicted molar refractivity (Wildman–Crippen MR) is 142 cm³/mol. The Hall–Kier alpha value is -2.60. The summed E-state index contributed by atoms with van der Waals surface area (Å²) in [5.41, 5.74) is 1.46. The molecule has 2 aromatic carbocycles. The molecule has 2 saturated heterocycles. The standard InChI is InChI=1S/C26H34N4O7S/c1-2-22-24(31)25(32)23(26(33)37-22)29-38(34,35)21(16-27)14-17-3-4-19-15-20(6-5-18(19)13-17)28-7-8-30-9-11-36-12-10-30/h3-6,13-15,22-26,28-29,31-33H,2,7-12H2,1H3/b21-14+/t22-,23-,24-,25-,26?/m1/s1. The van der Waals surface area contributed by atoms with Gasteiger partial charge in [0.25, 0.3) is 10.0 Å². The highest BCUT2D eigenvalue weighted by Gasteiger charge is 2.45. The first-order valence-corrected chi connectivity index (χ1v) is 14.1. The summed E-state index contributed by atoms with van der Waals surface area (Å²) in [5, 5.41) is 45.5. The molecule has 2 heterocycles. The first kappa shape index (κ1) is 28.4. The molecule has 5 atom stereocenters. The van der Waals surface area contributed by atoms with E-state index in [1.54, 1.807) is 25.1 Å². The lowest BCUT2D eigenvalue weighted by Gasteiger charge is -2.40. The summed E-state index contributed by atoms with van der Waals surface area (Å²) in [6.07, 6.45) is -4.02. The first-order chi connectivity index (χ1) is 18.2. The number of nitrogens with one attached hydrogen (secondary N) is 2. The number of ether oxygens (including phenoxy) is 2. The Morgan fingerprint density at radius 3 is 2.55 bits per heavy atom. The van der Waals surface area contributed by atoms with Gasteiger partial charge in [-0.15, -0.1) is 0 Å². The van der Waals surface area contributed by atoms with Crippen molar-refractivity contribution >= 4 is 32.6 Å². The van der Waals surface area contributed by atoms with E-state index in [-0.39, 0.29) is 0 Å². The molecule has 2 aromatic rings. The molecule has 0 amide bonds. The van der Waals surface area contributed by atoms with Crippen LogP contribution >= 0.6 is 0 Å². The van der Waals surface area contributed by atoms with E-state index in [0.29, 0.717) is 12.0 Å². The number of aliphatic hydroxyl groups excluding tert-OH is 3. The Labute approximate surface area is 222 Å². The highest BCUT2D eigenvalue weighted by atomic mass is 32.2. The number of morpholine rings is 1. The van der Waals surface area contributed by atoms with Crippen molar-refractivity contribution in [3.8, 4) is 6.07 Å². The number of fused-ring (bicyclic) bond motifs is 1. The summed E-state index contributed by atoms with van der Waals surface area (Å²) in [5.74, 6) is 0. The molecular weight excluding hydrogens is 512 g/mol. The second-order valence-electron chi connectivity index (χ2n) is 9.42. The van der Waals surface area contributed by atoms with Crippen LogP contribution in [0.3, 0.4) is 0 Å². The number of nitriles is 1. The summed E-state index contributed by atoms with van der Waals surface area (Å²) in [6.45, 7) is 6.81. The number of allylic oxidation sites excluding steroid dienone is 1. The molecule has 0 bridgehead atoms. The summed E-state index contributed by atoms with van der Waals surface area (Å²) >= 11 is 0. The highest BCUT2D eigenvalue weighted by molar-refractivity contribution is 7.93. The van der Waals surface area contributed by atoms with Crippen LogP contribution in [0.2, 0.25) is 0 Å². The van der Waals surface area contributed by atoms with Gasteiger partial charge in [-0.1, -0.05) is 25.1 Å². The lowest BCUT2D eigenvalue weighted by atomic mass is 9.96. The minimum Gasteiger partial charge on any atom is -0.388 e. The van der Waals surface area contributed by atoms with Gasteiger partial charge in [-0.05, 0) is 47.0 Å². The van der Waals surface area contributed by atoms with Crippen molar-refractivity contribution in [1.29, 1.82) is 5.26 Å². The molecule has 5 N–H and O–H groups in total. The van der Waals surface area contributed by atoms with Crippen LogP contribution in [0.4, 0.5) is 5.69 Å². The number of sulfonamides is 1. The molecule has 1 unspecified atom stereocenters. The summed E-state index contributed by atoms with van der Waals surface area (Å²) in [7, 11) is -4.45. The van der Waals surface area contributed by atoms with E-state index in [9.17, 15) is 29.0 Å². The van der Waals surface area contributed by atoms with E-state index >= 15 is 0 Å². The number of aliphatic hydroxyl groups is 3. The molecular formula is C26H34N4O7S. The third-order valence-electron chi connectivity index (χ3n) is 6.84. The van der Waals surface area contributed by atoms with Crippen molar-refractivity contribution in [1.82, 2.24) is 9.62 Å². The second kappa shape index (κ2) is 12.5. The quantitative estimate of drug-likeness (QED) is 0.281. The lowest BCUT2D eigenvalue weighted by molar-refractivity contribution is -0.244. The van der Waals surface area contributed by atoms with Gasteiger partial charge in [0.15, 0.2) is 11.2 Å². The topological polar surface area (TPSA) is 164 Å². The molecule has 2 aliphatic rings. The van der Waals surface area contributed by atoms with Crippen LogP contribution in [0, 0.1) is 11.3 Å². The fraction of sp³-hybridized carbons (Fsp3) is 0.500. The number of anilines is 1. The molecule has 0 spiro atoms. The number of nitrogens with zero attached hydrogens (tertiary/aromatic N) is 2. The zero-order valence-corrected chi connectivity index (χ0v) is 22.0. The number of hydrogen-bond donors (Lipinski definition) is 5. The maximum Gasteiger partial charge on any atom is 0.251 e. The molecule has 0 saturated carbocycles. The molecule has 38 heavy (non-hydrogen) atoms. The normalized spacial score (nSPS) is 27.2. The lowest BCUT2D eigenvalue weighted by Crippen LogP contribution is -2.63. The van der Waals surface area contributed by atoms with Crippen LogP contribution in [0.25, 0.3) is 16.8 Å². The maximum absolute atomic E-state index is 12.9. The Morgan fingerprint density at radius 1 is 1.13 bits per heavy atom. The molecule has 206 valence electrons. The van der Waals surface area contributed by atoms with E-state index in [2.05, 4.69) is 14.9 Å². The average molecular weight is 547 g/mol.